The minimum Gasteiger partial charge on any atom is -0.466 e. The second-order valence-electron chi connectivity index (χ2n) is 2.00. The van der Waals surface area contributed by atoms with Gasteiger partial charge in [0.25, 0.3) is 0 Å². The van der Waals surface area contributed by atoms with Crippen molar-refractivity contribution in [3.8, 4) is 0 Å². The van der Waals surface area contributed by atoms with E-state index in [1.165, 1.54) is 7.11 Å². The van der Waals surface area contributed by atoms with Gasteiger partial charge in [0.1, 0.15) is 0 Å². The smallest absolute Gasteiger partial charge is 0.335 e. The first-order chi connectivity index (χ1) is 4.63. The van der Waals surface area contributed by atoms with E-state index in [0.717, 1.165) is 0 Å². The Morgan fingerprint density at radius 3 is 2.40 bits per heavy atom. The normalized spacial score (nSPS) is 12.3. The molecule has 0 aromatic heterocycles. The lowest BCUT2D eigenvalue weighted by atomic mass is 10.2. The van der Waals surface area contributed by atoms with E-state index < -0.39 is 0 Å². The van der Waals surface area contributed by atoms with Crippen LogP contribution in [0.1, 0.15) is 20.3 Å². The highest BCUT2D eigenvalue weighted by atomic mass is 16.5. The van der Waals surface area contributed by atoms with Crippen molar-refractivity contribution in [2.75, 3.05) is 7.11 Å². The molecule has 0 aliphatic rings. The summed E-state index contributed by atoms with van der Waals surface area (Å²) in [7, 11) is 1.34. The Bertz CT molecular complexity index is 161. The highest BCUT2D eigenvalue weighted by Crippen LogP contribution is 2.02. The van der Waals surface area contributed by atoms with E-state index in [1.807, 2.05) is 6.92 Å². The molecule has 10 heavy (non-hydrogen) atoms. The van der Waals surface area contributed by atoms with Crippen LogP contribution in [-0.4, -0.2) is 13.1 Å². The van der Waals surface area contributed by atoms with Gasteiger partial charge in [-0.25, -0.2) is 4.79 Å². The predicted molar refractivity (Wildman–Crippen MR) is 39.2 cm³/mol. The molecule has 58 valence electrons. The van der Waals surface area contributed by atoms with Crippen LogP contribution in [0.25, 0.3) is 0 Å². The zero-order valence-electron chi connectivity index (χ0n) is 6.60. The molecule has 0 unspecified atom stereocenters. The third-order valence-electron chi connectivity index (χ3n) is 1.35. The predicted octanol–water partition coefficient (Wildman–Crippen LogP) is 0.802. The van der Waals surface area contributed by atoms with Crippen LogP contribution in [0.5, 0.6) is 0 Å². The maximum atomic E-state index is 10.8. The average Bonchev–Trinajstić information content (AvgIpc) is 2.00. The number of hydrogen-bond donors (Lipinski definition) is 1. The molecule has 0 aromatic carbocycles. The Morgan fingerprint density at radius 2 is 2.10 bits per heavy atom. The number of carbonyl (C=O) groups is 1. The summed E-state index contributed by atoms with van der Waals surface area (Å²) in [5.74, 6) is -0.348. The Labute approximate surface area is 60.9 Å². The molecule has 0 rings (SSSR count). The summed E-state index contributed by atoms with van der Waals surface area (Å²) in [6, 6.07) is 0. The number of hydrogen-bond acceptors (Lipinski definition) is 3. The number of ether oxygens (including phenoxy) is 1. The van der Waals surface area contributed by atoms with Crippen molar-refractivity contribution in [2.24, 2.45) is 5.73 Å². The first kappa shape index (κ1) is 9.01. The molecule has 0 amide bonds. The zero-order valence-corrected chi connectivity index (χ0v) is 6.60. The third-order valence-corrected chi connectivity index (χ3v) is 1.35. The van der Waals surface area contributed by atoms with E-state index in [9.17, 15) is 4.79 Å². The number of allylic oxidation sites excluding steroid dienone is 1. The Kier molecular flexibility index (Phi) is 3.54. The maximum Gasteiger partial charge on any atom is 0.335 e. The molecule has 0 aromatic rings. The molecule has 0 bridgehead atoms. The van der Waals surface area contributed by atoms with Gasteiger partial charge in [-0.1, -0.05) is 6.92 Å². The molecular formula is C7H13NO2. The molecule has 0 atom stereocenters. The fourth-order valence-corrected chi connectivity index (χ4v) is 0.549. The second-order valence-corrected chi connectivity index (χ2v) is 2.00. The van der Waals surface area contributed by atoms with Crippen LogP contribution in [-0.2, 0) is 9.53 Å². The van der Waals surface area contributed by atoms with Crippen LogP contribution < -0.4 is 5.73 Å². The van der Waals surface area contributed by atoms with Crippen molar-refractivity contribution in [1.82, 2.24) is 0 Å². The van der Waals surface area contributed by atoms with Gasteiger partial charge in [0, 0.05) is 5.70 Å². The van der Waals surface area contributed by atoms with E-state index in [2.05, 4.69) is 4.74 Å². The summed E-state index contributed by atoms with van der Waals surface area (Å²) in [6.45, 7) is 3.55. The van der Waals surface area contributed by atoms with Crippen LogP contribution in [0.15, 0.2) is 11.3 Å². The van der Waals surface area contributed by atoms with Crippen LogP contribution in [0, 0.1) is 0 Å². The van der Waals surface area contributed by atoms with E-state index in [0.29, 0.717) is 17.7 Å². The lowest BCUT2D eigenvalue weighted by molar-refractivity contribution is -0.136. The molecule has 3 nitrogen and oxygen atoms in total. The lowest BCUT2D eigenvalue weighted by Gasteiger charge is -2.01. The lowest BCUT2D eigenvalue weighted by Crippen LogP contribution is -2.09. The van der Waals surface area contributed by atoms with Gasteiger partial charge in [-0.15, -0.1) is 0 Å². The molecule has 0 radical (unpaired) electrons. The topological polar surface area (TPSA) is 52.3 Å². The van der Waals surface area contributed by atoms with Gasteiger partial charge in [-0.2, -0.15) is 0 Å². The molecular weight excluding hydrogens is 130 g/mol. The van der Waals surface area contributed by atoms with Gasteiger partial charge >= 0.3 is 5.97 Å². The zero-order chi connectivity index (χ0) is 8.15. The van der Waals surface area contributed by atoms with Gasteiger partial charge < -0.3 is 10.5 Å². The van der Waals surface area contributed by atoms with Gasteiger partial charge in [0.2, 0.25) is 0 Å². The van der Waals surface area contributed by atoms with Crippen molar-refractivity contribution in [3.05, 3.63) is 11.3 Å². The number of methoxy groups -OCH3 is 1. The van der Waals surface area contributed by atoms with Gasteiger partial charge in [0.05, 0.1) is 12.7 Å². The van der Waals surface area contributed by atoms with Crippen LogP contribution in [0.2, 0.25) is 0 Å². The van der Waals surface area contributed by atoms with Crippen molar-refractivity contribution < 1.29 is 9.53 Å². The van der Waals surface area contributed by atoms with Crippen LogP contribution in [0.4, 0.5) is 0 Å². The quantitative estimate of drug-likeness (QED) is 0.459. The SMILES string of the molecule is CC/C(N)=C(/C)C(=O)OC. The molecule has 0 spiro atoms. The van der Waals surface area contributed by atoms with Crippen LogP contribution in [0.3, 0.4) is 0 Å². The highest BCUT2D eigenvalue weighted by Gasteiger charge is 2.05. The van der Waals surface area contributed by atoms with E-state index in [-0.39, 0.29) is 5.97 Å². The summed E-state index contributed by atoms with van der Waals surface area (Å²) in [5.41, 5.74) is 6.57. The van der Waals surface area contributed by atoms with E-state index >= 15 is 0 Å². The molecule has 3 heteroatoms. The van der Waals surface area contributed by atoms with E-state index in [4.69, 9.17) is 5.73 Å². The fraction of sp³-hybridized carbons (Fsp3) is 0.571. The Morgan fingerprint density at radius 1 is 1.60 bits per heavy atom. The summed E-state index contributed by atoms with van der Waals surface area (Å²) < 4.78 is 4.46. The molecule has 0 aliphatic heterocycles. The largest absolute Gasteiger partial charge is 0.466 e. The molecule has 2 N–H and O–H groups in total. The summed E-state index contributed by atoms with van der Waals surface area (Å²) >= 11 is 0. The number of esters is 1. The van der Waals surface area contributed by atoms with Crippen molar-refractivity contribution in [1.29, 1.82) is 0 Å². The number of nitrogens with two attached hydrogens (primary N) is 1. The fourth-order valence-electron chi connectivity index (χ4n) is 0.549. The molecule has 0 aliphatic carbocycles. The van der Waals surface area contributed by atoms with Crippen LogP contribution >= 0.6 is 0 Å². The highest BCUT2D eigenvalue weighted by molar-refractivity contribution is 5.88. The van der Waals surface area contributed by atoms with Crippen molar-refractivity contribution >= 4 is 5.97 Å². The monoisotopic (exact) mass is 143 g/mol. The first-order valence-electron chi connectivity index (χ1n) is 3.17. The van der Waals surface area contributed by atoms with Crippen molar-refractivity contribution in [2.45, 2.75) is 20.3 Å². The van der Waals surface area contributed by atoms with Gasteiger partial charge in [-0.05, 0) is 13.3 Å². The molecule has 0 fully saturated rings. The number of carbonyl (C=O) groups excluding carboxylic acids is 1. The van der Waals surface area contributed by atoms with Crippen molar-refractivity contribution in [3.63, 3.8) is 0 Å². The number of rotatable bonds is 2. The third kappa shape index (κ3) is 2.09. The molecule has 0 saturated heterocycles. The average molecular weight is 143 g/mol. The standard InChI is InChI=1S/C7H13NO2/c1-4-6(8)5(2)7(9)10-3/h4,8H2,1-3H3/b6-5+. The van der Waals surface area contributed by atoms with Gasteiger partial charge in [-0.3, -0.25) is 0 Å². The first-order valence-corrected chi connectivity index (χ1v) is 3.17. The maximum absolute atomic E-state index is 10.8. The molecule has 0 saturated carbocycles. The Balaban J connectivity index is 4.30. The minimum atomic E-state index is -0.348. The second kappa shape index (κ2) is 3.93. The summed E-state index contributed by atoms with van der Waals surface area (Å²) in [4.78, 5) is 10.8. The summed E-state index contributed by atoms with van der Waals surface area (Å²) in [5, 5.41) is 0. The summed E-state index contributed by atoms with van der Waals surface area (Å²) in [6.07, 6.45) is 0.681. The Hall–Kier alpha value is -0.990. The van der Waals surface area contributed by atoms with Gasteiger partial charge in [0.15, 0.2) is 0 Å². The van der Waals surface area contributed by atoms with E-state index in [1.54, 1.807) is 6.92 Å². The molecule has 0 heterocycles. The minimum absolute atomic E-state index is 0.348.